The number of nitrogens with zero attached hydrogens (tertiary/aromatic N) is 1. The van der Waals surface area contributed by atoms with Crippen LogP contribution in [-0.4, -0.2) is 42.1 Å². The van der Waals surface area contributed by atoms with E-state index in [9.17, 15) is 9.18 Å². The van der Waals surface area contributed by atoms with Crippen LogP contribution in [0.4, 0.5) is 4.39 Å². The minimum atomic E-state index is -0.431. The third-order valence-corrected chi connectivity index (χ3v) is 5.15. The number of hydrogen-bond donors (Lipinski definition) is 1. The number of fused-ring (bicyclic) bond motifs is 1. The standard InChI is InChI=1S/C18H25FN2O2/c1-18-10-6-12-21(16(18)9-4-5-11-20-18)17(22)13-23-15-8-3-2-7-14(15)19/h2-3,7-8,16,20H,4-6,9-13H2,1H3/t16-,18-/m0/s1. The predicted octanol–water partition coefficient (Wildman–Crippen LogP) is 2.73. The van der Waals surface area contributed by atoms with E-state index < -0.39 is 5.82 Å². The summed E-state index contributed by atoms with van der Waals surface area (Å²) >= 11 is 0. The van der Waals surface area contributed by atoms with Gasteiger partial charge in [0.25, 0.3) is 5.91 Å². The van der Waals surface area contributed by atoms with Crippen LogP contribution in [0, 0.1) is 5.82 Å². The van der Waals surface area contributed by atoms with Crippen LogP contribution in [-0.2, 0) is 4.79 Å². The van der Waals surface area contributed by atoms with Crippen molar-refractivity contribution in [2.45, 2.75) is 50.6 Å². The van der Waals surface area contributed by atoms with E-state index in [1.54, 1.807) is 18.2 Å². The Morgan fingerprint density at radius 3 is 3.04 bits per heavy atom. The summed E-state index contributed by atoms with van der Waals surface area (Å²) in [5, 5.41) is 3.63. The molecule has 1 aromatic rings. The van der Waals surface area contributed by atoms with Gasteiger partial charge in [0.2, 0.25) is 0 Å². The molecule has 2 atom stereocenters. The molecule has 2 fully saturated rings. The van der Waals surface area contributed by atoms with Gasteiger partial charge in [-0.15, -0.1) is 0 Å². The number of benzene rings is 1. The van der Waals surface area contributed by atoms with Gasteiger partial charge in [0.05, 0.1) is 0 Å². The molecule has 0 radical (unpaired) electrons. The lowest BCUT2D eigenvalue weighted by molar-refractivity contribution is -0.139. The molecule has 2 saturated heterocycles. The van der Waals surface area contributed by atoms with Crippen molar-refractivity contribution < 1.29 is 13.9 Å². The van der Waals surface area contributed by atoms with Gasteiger partial charge in [-0.1, -0.05) is 18.6 Å². The largest absolute Gasteiger partial charge is 0.481 e. The number of nitrogens with one attached hydrogen (secondary N) is 1. The van der Waals surface area contributed by atoms with Crippen LogP contribution in [0.1, 0.15) is 39.0 Å². The molecule has 1 N–H and O–H groups in total. The maximum Gasteiger partial charge on any atom is 0.260 e. The molecule has 4 nitrogen and oxygen atoms in total. The molecule has 3 rings (SSSR count). The Bertz CT molecular complexity index is 566. The van der Waals surface area contributed by atoms with E-state index in [0.717, 1.165) is 45.2 Å². The Hall–Kier alpha value is -1.62. The number of amides is 1. The number of hydrogen-bond acceptors (Lipinski definition) is 3. The van der Waals surface area contributed by atoms with Gasteiger partial charge in [-0.2, -0.15) is 0 Å². The number of likely N-dealkylation sites (tertiary alicyclic amines) is 1. The summed E-state index contributed by atoms with van der Waals surface area (Å²) in [5.74, 6) is -0.340. The van der Waals surface area contributed by atoms with Crippen LogP contribution >= 0.6 is 0 Å². The van der Waals surface area contributed by atoms with Gasteiger partial charge in [-0.05, 0) is 51.3 Å². The van der Waals surface area contributed by atoms with Gasteiger partial charge in [-0.3, -0.25) is 4.79 Å². The second-order valence-corrected chi connectivity index (χ2v) is 6.77. The second-order valence-electron chi connectivity index (χ2n) is 6.77. The Morgan fingerprint density at radius 2 is 2.22 bits per heavy atom. The van der Waals surface area contributed by atoms with Gasteiger partial charge < -0.3 is 15.0 Å². The van der Waals surface area contributed by atoms with E-state index in [-0.39, 0.29) is 29.8 Å². The number of halogens is 1. The molecule has 1 aromatic carbocycles. The second kappa shape index (κ2) is 6.87. The summed E-state index contributed by atoms with van der Waals surface area (Å²) < 4.78 is 19.0. The molecule has 0 unspecified atom stereocenters. The van der Waals surface area contributed by atoms with E-state index in [4.69, 9.17) is 4.74 Å². The molecule has 23 heavy (non-hydrogen) atoms. The summed E-state index contributed by atoms with van der Waals surface area (Å²) in [7, 11) is 0. The number of para-hydroxylation sites is 1. The highest BCUT2D eigenvalue weighted by molar-refractivity contribution is 5.78. The topological polar surface area (TPSA) is 41.6 Å². The third-order valence-electron chi connectivity index (χ3n) is 5.15. The molecule has 126 valence electrons. The fourth-order valence-corrected chi connectivity index (χ4v) is 3.88. The third kappa shape index (κ3) is 3.50. The van der Waals surface area contributed by atoms with Crippen molar-refractivity contribution in [2.24, 2.45) is 0 Å². The number of carbonyl (C=O) groups is 1. The highest BCUT2D eigenvalue weighted by atomic mass is 19.1. The van der Waals surface area contributed by atoms with Crippen LogP contribution in [0.5, 0.6) is 5.75 Å². The zero-order chi connectivity index (χ0) is 16.3. The maximum atomic E-state index is 13.6. The van der Waals surface area contributed by atoms with Gasteiger partial charge >= 0.3 is 0 Å². The van der Waals surface area contributed by atoms with Gasteiger partial charge in [-0.25, -0.2) is 4.39 Å². The van der Waals surface area contributed by atoms with Crippen molar-refractivity contribution in [3.63, 3.8) is 0 Å². The Balaban J connectivity index is 1.67. The Morgan fingerprint density at radius 1 is 1.39 bits per heavy atom. The van der Waals surface area contributed by atoms with Crippen LogP contribution in [0.25, 0.3) is 0 Å². The molecule has 0 bridgehead atoms. The number of piperidine rings is 1. The van der Waals surface area contributed by atoms with E-state index in [2.05, 4.69) is 12.2 Å². The van der Waals surface area contributed by atoms with Gasteiger partial charge in [0, 0.05) is 18.1 Å². The number of ether oxygens (including phenoxy) is 1. The van der Waals surface area contributed by atoms with Gasteiger partial charge in [0.1, 0.15) is 0 Å². The van der Waals surface area contributed by atoms with E-state index >= 15 is 0 Å². The summed E-state index contributed by atoms with van der Waals surface area (Å²) in [4.78, 5) is 14.6. The van der Waals surface area contributed by atoms with Gasteiger partial charge in [0.15, 0.2) is 18.2 Å². The molecular weight excluding hydrogens is 295 g/mol. The van der Waals surface area contributed by atoms with Crippen molar-refractivity contribution in [3.8, 4) is 5.75 Å². The number of carbonyl (C=O) groups excluding carboxylic acids is 1. The number of rotatable bonds is 3. The molecule has 0 aromatic heterocycles. The highest BCUT2D eigenvalue weighted by Crippen LogP contribution is 2.33. The van der Waals surface area contributed by atoms with Crippen molar-refractivity contribution in [3.05, 3.63) is 30.1 Å². The van der Waals surface area contributed by atoms with E-state index in [1.807, 2.05) is 4.90 Å². The summed E-state index contributed by atoms with van der Waals surface area (Å²) in [6, 6.07) is 6.41. The average Bonchev–Trinajstić information content (AvgIpc) is 2.74. The van der Waals surface area contributed by atoms with Crippen molar-refractivity contribution in [1.29, 1.82) is 0 Å². The molecule has 2 aliphatic heterocycles. The first-order valence-electron chi connectivity index (χ1n) is 8.52. The highest BCUT2D eigenvalue weighted by Gasteiger charge is 2.43. The lowest BCUT2D eigenvalue weighted by Gasteiger charge is -2.48. The molecule has 2 heterocycles. The Labute approximate surface area is 137 Å². The summed E-state index contributed by atoms with van der Waals surface area (Å²) in [6.45, 7) is 3.90. The molecule has 0 spiro atoms. The van der Waals surface area contributed by atoms with E-state index in [0.29, 0.717) is 0 Å². The first-order valence-corrected chi connectivity index (χ1v) is 8.52. The van der Waals surface area contributed by atoms with Crippen LogP contribution in [0.15, 0.2) is 24.3 Å². The van der Waals surface area contributed by atoms with E-state index in [1.165, 1.54) is 6.07 Å². The van der Waals surface area contributed by atoms with Crippen molar-refractivity contribution in [1.82, 2.24) is 10.2 Å². The fourth-order valence-electron chi connectivity index (χ4n) is 3.88. The zero-order valence-electron chi connectivity index (χ0n) is 13.7. The molecule has 0 aliphatic carbocycles. The minimum absolute atomic E-state index is 0.0115. The molecule has 2 aliphatic rings. The summed E-state index contributed by atoms with van der Waals surface area (Å²) in [6.07, 6.45) is 5.39. The average molecular weight is 320 g/mol. The Kier molecular flexibility index (Phi) is 4.85. The quantitative estimate of drug-likeness (QED) is 0.931. The lowest BCUT2D eigenvalue weighted by Crippen LogP contribution is -2.63. The minimum Gasteiger partial charge on any atom is -0.481 e. The van der Waals surface area contributed by atoms with Crippen molar-refractivity contribution >= 4 is 5.91 Å². The molecular formula is C18H25FN2O2. The molecule has 0 saturated carbocycles. The monoisotopic (exact) mass is 320 g/mol. The lowest BCUT2D eigenvalue weighted by atomic mass is 9.81. The maximum absolute atomic E-state index is 13.6. The molecule has 5 heteroatoms. The SMILES string of the molecule is C[C@]12CCCN(C(=O)COc3ccccc3F)[C@H]1CCCCN2. The van der Waals surface area contributed by atoms with Crippen LogP contribution in [0.2, 0.25) is 0 Å². The zero-order valence-corrected chi connectivity index (χ0v) is 13.7. The fraction of sp³-hybridized carbons (Fsp3) is 0.611. The smallest absolute Gasteiger partial charge is 0.260 e. The first kappa shape index (κ1) is 16.2. The van der Waals surface area contributed by atoms with Crippen molar-refractivity contribution in [2.75, 3.05) is 19.7 Å². The molecule has 1 amide bonds. The summed E-state index contributed by atoms with van der Waals surface area (Å²) in [5.41, 5.74) is -0.0115. The van der Waals surface area contributed by atoms with Crippen LogP contribution < -0.4 is 10.1 Å². The van der Waals surface area contributed by atoms with Crippen LogP contribution in [0.3, 0.4) is 0 Å². The normalized spacial score (nSPS) is 27.9. The first-order chi connectivity index (χ1) is 11.1. The predicted molar refractivity (Wildman–Crippen MR) is 86.9 cm³/mol.